The third-order valence-corrected chi connectivity index (χ3v) is 6.97. The summed E-state index contributed by atoms with van der Waals surface area (Å²) in [6, 6.07) is 23.8. The van der Waals surface area contributed by atoms with E-state index in [1.807, 2.05) is 42.5 Å². The predicted molar refractivity (Wildman–Crippen MR) is 128 cm³/mol. The third kappa shape index (κ3) is 4.43. The second-order valence-electron chi connectivity index (χ2n) is 7.35. The number of allylic oxidation sites excluding steroid dienone is 1. The van der Waals surface area contributed by atoms with E-state index in [9.17, 15) is 14.9 Å². The molecular weight excluding hydrogens is 488 g/mol. The lowest BCUT2D eigenvalue weighted by atomic mass is 9.78. The molecular formula is C25H19BrN2O3S. The van der Waals surface area contributed by atoms with Gasteiger partial charge in [0.05, 0.1) is 23.8 Å². The van der Waals surface area contributed by atoms with E-state index >= 15 is 0 Å². The van der Waals surface area contributed by atoms with Gasteiger partial charge in [0.1, 0.15) is 5.92 Å². The molecule has 0 spiro atoms. The fourth-order valence-corrected chi connectivity index (χ4v) is 5.27. The molecule has 4 rings (SSSR count). The zero-order valence-corrected chi connectivity index (χ0v) is 19.6. The lowest BCUT2D eigenvalue weighted by molar-refractivity contribution is -0.150. The second-order valence-corrected chi connectivity index (χ2v) is 9.25. The molecule has 160 valence electrons. The summed E-state index contributed by atoms with van der Waals surface area (Å²) < 4.78 is 5.69. The van der Waals surface area contributed by atoms with E-state index < -0.39 is 23.7 Å². The number of nitrogens with zero attached hydrogens (tertiary/aromatic N) is 1. The number of nitrogens with one attached hydrogen (secondary N) is 1. The molecule has 0 saturated heterocycles. The highest BCUT2D eigenvalue weighted by atomic mass is 79.9. The second kappa shape index (κ2) is 9.60. The molecule has 5 nitrogen and oxygen atoms in total. The van der Waals surface area contributed by atoms with Gasteiger partial charge in [-0.05, 0) is 34.0 Å². The van der Waals surface area contributed by atoms with Crippen LogP contribution >= 0.6 is 27.7 Å². The summed E-state index contributed by atoms with van der Waals surface area (Å²) in [4.78, 5) is 25.4. The number of benzene rings is 3. The standard InChI is InChI=1S/C25H19BrN2O3S/c1-31-25(30)22-21(18-7-4-8-19(26)12-18)20(13-27)24(28-23(22)29)32-14-15-9-10-16-5-2-3-6-17(16)11-15/h2-12,21-22H,14H2,1H3,(H,28,29)/t21-,22-/m1/s1. The van der Waals surface area contributed by atoms with E-state index in [1.165, 1.54) is 18.9 Å². The zero-order chi connectivity index (χ0) is 22.7. The van der Waals surface area contributed by atoms with Crippen LogP contribution in [0.1, 0.15) is 17.0 Å². The lowest BCUT2D eigenvalue weighted by Gasteiger charge is -2.31. The highest BCUT2D eigenvalue weighted by Gasteiger charge is 2.44. The van der Waals surface area contributed by atoms with Crippen molar-refractivity contribution in [1.29, 1.82) is 5.26 Å². The summed E-state index contributed by atoms with van der Waals surface area (Å²) in [6.07, 6.45) is 0. The first kappa shape index (κ1) is 22.1. The molecule has 0 radical (unpaired) electrons. The number of hydrogen-bond donors (Lipinski definition) is 1. The summed E-state index contributed by atoms with van der Waals surface area (Å²) in [5, 5.41) is 15.5. The smallest absolute Gasteiger partial charge is 0.319 e. The van der Waals surface area contributed by atoms with Gasteiger partial charge >= 0.3 is 5.97 Å². The van der Waals surface area contributed by atoms with Gasteiger partial charge in [-0.3, -0.25) is 9.59 Å². The van der Waals surface area contributed by atoms with Gasteiger partial charge in [0.25, 0.3) is 0 Å². The number of methoxy groups -OCH3 is 1. The highest BCUT2D eigenvalue weighted by Crippen LogP contribution is 2.41. The van der Waals surface area contributed by atoms with Crippen LogP contribution in [0.25, 0.3) is 10.8 Å². The van der Waals surface area contributed by atoms with Crippen molar-refractivity contribution in [2.45, 2.75) is 11.7 Å². The molecule has 0 aliphatic carbocycles. The molecule has 7 heteroatoms. The Morgan fingerprint density at radius 1 is 1.12 bits per heavy atom. The molecule has 1 aliphatic rings. The van der Waals surface area contributed by atoms with E-state index in [0.29, 0.717) is 21.9 Å². The minimum atomic E-state index is -1.13. The Labute approximate surface area is 198 Å². The number of fused-ring (bicyclic) bond motifs is 1. The van der Waals surface area contributed by atoms with Gasteiger partial charge in [-0.25, -0.2) is 0 Å². The van der Waals surface area contributed by atoms with Crippen LogP contribution in [-0.4, -0.2) is 19.0 Å². The zero-order valence-electron chi connectivity index (χ0n) is 17.2. The summed E-state index contributed by atoms with van der Waals surface area (Å²) in [5.41, 5.74) is 2.12. The molecule has 0 unspecified atom stereocenters. The molecule has 3 aromatic carbocycles. The van der Waals surface area contributed by atoms with E-state index in [-0.39, 0.29) is 0 Å². The Morgan fingerprint density at radius 2 is 1.91 bits per heavy atom. The van der Waals surface area contributed by atoms with Gasteiger partial charge in [0, 0.05) is 16.1 Å². The normalized spacial score (nSPS) is 18.2. The van der Waals surface area contributed by atoms with Gasteiger partial charge in [-0.15, -0.1) is 11.8 Å². The van der Waals surface area contributed by atoms with Crippen molar-refractivity contribution < 1.29 is 14.3 Å². The van der Waals surface area contributed by atoms with Gasteiger partial charge in [-0.2, -0.15) is 5.26 Å². The summed E-state index contributed by atoms with van der Waals surface area (Å²) in [6.45, 7) is 0. The van der Waals surface area contributed by atoms with E-state index in [2.05, 4.69) is 51.6 Å². The maximum atomic E-state index is 12.9. The Hall–Kier alpha value is -3.08. The topological polar surface area (TPSA) is 79.2 Å². The average molecular weight is 507 g/mol. The van der Waals surface area contributed by atoms with Crippen molar-refractivity contribution in [3.05, 3.63) is 92.9 Å². The van der Waals surface area contributed by atoms with Crippen LogP contribution in [0.15, 0.2) is 81.8 Å². The van der Waals surface area contributed by atoms with Crippen LogP contribution < -0.4 is 5.32 Å². The quantitative estimate of drug-likeness (QED) is 0.376. The molecule has 0 fully saturated rings. The molecule has 3 aromatic rings. The Bertz CT molecular complexity index is 1280. The molecule has 0 bridgehead atoms. The number of rotatable bonds is 5. The third-order valence-electron chi connectivity index (χ3n) is 5.39. The van der Waals surface area contributed by atoms with Gasteiger partial charge in [0.15, 0.2) is 0 Å². The number of amides is 1. The number of hydrogen-bond acceptors (Lipinski definition) is 5. The van der Waals surface area contributed by atoms with Crippen LogP contribution in [0.2, 0.25) is 0 Å². The molecule has 2 atom stereocenters. The maximum Gasteiger partial charge on any atom is 0.319 e. The van der Waals surface area contributed by atoms with Crippen LogP contribution in [0, 0.1) is 17.2 Å². The minimum absolute atomic E-state index is 0.351. The fourth-order valence-electron chi connectivity index (χ4n) is 3.86. The van der Waals surface area contributed by atoms with Gasteiger partial charge in [-0.1, -0.05) is 70.5 Å². The molecule has 1 N–H and O–H groups in total. The lowest BCUT2D eigenvalue weighted by Crippen LogP contribution is -2.44. The maximum absolute atomic E-state index is 12.9. The highest BCUT2D eigenvalue weighted by molar-refractivity contribution is 9.10. The SMILES string of the molecule is COC(=O)[C@H]1C(=O)NC(SCc2ccc3ccccc3c2)=C(C#N)[C@H]1c1cccc(Br)c1. The number of halogens is 1. The van der Waals surface area contributed by atoms with E-state index in [1.54, 1.807) is 0 Å². The number of nitriles is 1. The molecule has 32 heavy (non-hydrogen) atoms. The fraction of sp³-hybridized carbons (Fsp3) is 0.160. The summed E-state index contributed by atoms with van der Waals surface area (Å²) >= 11 is 4.82. The van der Waals surface area contributed by atoms with Crippen LogP contribution in [-0.2, 0) is 20.1 Å². The summed E-state index contributed by atoms with van der Waals surface area (Å²) in [7, 11) is 1.24. The first-order valence-electron chi connectivity index (χ1n) is 9.90. The summed E-state index contributed by atoms with van der Waals surface area (Å²) in [5.74, 6) is -2.42. The van der Waals surface area contributed by atoms with Crippen LogP contribution in [0.4, 0.5) is 0 Å². The number of carbonyl (C=O) groups excluding carboxylic acids is 2. The van der Waals surface area contributed by atoms with E-state index in [4.69, 9.17) is 4.74 Å². The largest absolute Gasteiger partial charge is 0.468 e. The number of ether oxygens (including phenoxy) is 1. The van der Waals surface area contributed by atoms with Crippen LogP contribution in [0.5, 0.6) is 0 Å². The van der Waals surface area contributed by atoms with Crippen molar-refractivity contribution in [3.63, 3.8) is 0 Å². The van der Waals surface area contributed by atoms with Crippen molar-refractivity contribution in [3.8, 4) is 6.07 Å². The molecule has 0 aromatic heterocycles. The minimum Gasteiger partial charge on any atom is -0.468 e. The number of thioether (sulfide) groups is 1. The van der Waals surface area contributed by atoms with Gasteiger partial charge < -0.3 is 10.1 Å². The van der Waals surface area contributed by atoms with E-state index in [0.717, 1.165) is 20.8 Å². The number of carbonyl (C=O) groups is 2. The molecule has 1 aliphatic heterocycles. The van der Waals surface area contributed by atoms with Crippen molar-refractivity contribution in [1.82, 2.24) is 5.32 Å². The Morgan fingerprint density at radius 3 is 2.62 bits per heavy atom. The first-order valence-corrected chi connectivity index (χ1v) is 11.7. The molecule has 1 heterocycles. The Balaban J connectivity index is 1.71. The van der Waals surface area contributed by atoms with Gasteiger partial charge in [0.2, 0.25) is 5.91 Å². The van der Waals surface area contributed by atoms with Crippen molar-refractivity contribution >= 4 is 50.3 Å². The molecule has 1 amide bonds. The van der Waals surface area contributed by atoms with Crippen molar-refractivity contribution in [2.75, 3.05) is 7.11 Å². The van der Waals surface area contributed by atoms with Crippen molar-refractivity contribution in [2.24, 2.45) is 5.92 Å². The Kier molecular flexibility index (Phi) is 6.63. The van der Waals surface area contributed by atoms with Crippen LogP contribution in [0.3, 0.4) is 0 Å². The number of esters is 1. The predicted octanol–water partition coefficient (Wildman–Crippen LogP) is 5.27. The average Bonchev–Trinajstić information content (AvgIpc) is 2.81. The molecule has 0 saturated carbocycles. The first-order chi connectivity index (χ1) is 15.5. The monoisotopic (exact) mass is 506 g/mol.